The topological polar surface area (TPSA) is 14.8 Å². The summed E-state index contributed by atoms with van der Waals surface area (Å²) in [5, 5.41) is 6.28. The Kier molecular flexibility index (Phi) is 4.61. The van der Waals surface area contributed by atoms with E-state index in [0.717, 1.165) is 17.1 Å². The molecular weight excluding hydrogens is 498 g/mol. The van der Waals surface area contributed by atoms with Gasteiger partial charge in [0.05, 0.1) is 27.6 Å². The normalized spacial score (nSPS) is 11.9. The van der Waals surface area contributed by atoms with E-state index >= 15 is 0 Å². The summed E-state index contributed by atoms with van der Waals surface area (Å²) < 4.78 is 7.16. The van der Waals surface area contributed by atoms with Gasteiger partial charge in [0.1, 0.15) is 0 Å². The van der Waals surface area contributed by atoms with Crippen LogP contribution in [0.5, 0.6) is 0 Å². The number of benzene rings is 6. The SMILES string of the molecule is c1ccc(-n2ccc3ccc4c5ccccc5n(-c5cccc(-n6c7ccccc7c7ccccc76)c5)c4c32)cc1. The quantitative estimate of drug-likeness (QED) is 0.219. The van der Waals surface area contributed by atoms with Crippen LogP contribution in [0.15, 0.2) is 152 Å². The molecule has 192 valence electrons. The molecule has 0 atom stereocenters. The molecule has 3 aromatic heterocycles. The van der Waals surface area contributed by atoms with Crippen LogP contribution in [-0.2, 0) is 0 Å². The molecule has 0 unspecified atom stereocenters. The third-order valence-corrected chi connectivity index (χ3v) is 8.45. The number of aromatic nitrogens is 3. The fourth-order valence-corrected chi connectivity index (χ4v) is 6.72. The molecule has 0 N–H and O–H groups in total. The predicted octanol–water partition coefficient (Wildman–Crippen LogP) is 9.82. The summed E-state index contributed by atoms with van der Waals surface area (Å²) in [4.78, 5) is 0. The average Bonchev–Trinajstić information content (AvgIpc) is 3.72. The molecule has 6 aromatic carbocycles. The second kappa shape index (κ2) is 8.48. The Bertz CT molecular complexity index is 2360. The molecular formula is C38H25N3. The first-order chi connectivity index (χ1) is 20.4. The molecule has 3 heterocycles. The molecule has 9 rings (SSSR count). The van der Waals surface area contributed by atoms with E-state index in [2.05, 4.69) is 165 Å². The van der Waals surface area contributed by atoms with Gasteiger partial charge in [0.25, 0.3) is 0 Å². The summed E-state index contributed by atoms with van der Waals surface area (Å²) in [6, 6.07) is 52.5. The summed E-state index contributed by atoms with van der Waals surface area (Å²) in [5.74, 6) is 0. The van der Waals surface area contributed by atoms with E-state index in [0.29, 0.717) is 0 Å². The van der Waals surface area contributed by atoms with Crippen molar-refractivity contribution < 1.29 is 0 Å². The van der Waals surface area contributed by atoms with Gasteiger partial charge in [-0.2, -0.15) is 0 Å². The minimum atomic E-state index is 1.14. The molecule has 0 aliphatic heterocycles. The first kappa shape index (κ1) is 22.3. The van der Waals surface area contributed by atoms with Crippen LogP contribution in [0.4, 0.5) is 0 Å². The van der Waals surface area contributed by atoms with Gasteiger partial charge in [-0.15, -0.1) is 0 Å². The van der Waals surface area contributed by atoms with Gasteiger partial charge in [-0.05, 0) is 54.6 Å². The van der Waals surface area contributed by atoms with Crippen LogP contribution in [0, 0.1) is 0 Å². The molecule has 41 heavy (non-hydrogen) atoms. The highest BCUT2D eigenvalue weighted by molar-refractivity contribution is 6.18. The van der Waals surface area contributed by atoms with Gasteiger partial charge in [-0.3, -0.25) is 0 Å². The minimum absolute atomic E-state index is 1.14. The van der Waals surface area contributed by atoms with E-state index in [9.17, 15) is 0 Å². The number of hydrogen-bond donors (Lipinski definition) is 0. The Morgan fingerprint density at radius 1 is 0.341 bits per heavy atom. The van der Waals surface area contributed by atoms with E-state index in [1.807, 2.05) is 0 Å². The van der Waals surface area contributed by atoms with Crippen molar-refractivity contribution in [2.24, 2.45) is 0 Å². The van der Waals surface area contributed by atoms with Gasteiger partial charge in [0, 0.05) is 50.2 Å². The number of rotatable bonds is 3. The highest BCUT2D eigenvalue weighted by Crippen LogP contribution is 2.39. The van der Waals surface area contributed by atoms with Crippen LogP contribution in [0.25, 0.3) is 71.6 Å². The summed E-state index contributed by atoms with van der Waals surface area (Å²) in [7, 11) is 0. The zero-order valence-corrected chi connectivity index (χ0v) is 22.3. The molecule has 0 saturated heterocycles. The highest BCUT2D eigenvalue weighted by atomic mass is 15.0. The standard InChI is InChI=1S/C38H25N3/c1-2-11-27(12-3-1)39-24-23-26-21-22-33-32-17-6-9-20-36(32)41(38(33)37(26)39)29-14-10-13-28(25-29)40-34-18-7-4-15-30(34)31-16-5-8-19-35(31)40/h1-25H. The van der Waals surface area contributed by atoms with Crippen molar-refractivity contribution in [1.82, 2.24) is 13.7 Å². The van der Waals surface area contributed by atoms with Crippen LogP contribution in [-0.4, -0.2) is 13.7 Å². The Labute approximate surface area is 236 Å². The Morgan fingerprint density at radius 2 is 0.878 bits per heavy atom. The number of nitrogens with zero attached hydrogens (tertiary/aromatic N) is 3. The zero-order valence-electron chi connectivity index (χ0n) is 22.3. The number of para-hydroxylation sites is 4. The first-order valence-electron chi connectivity index (χ1n) is 14.0. The third-order valence-electron chi connectivity index (χ3n) is 8.45. The van der Waals surface area contributed by atoms with Crippen molar-refractivity contribution in [2.75, 3.05) is 0 Å². The summed E-state index contributed by atoms with van der Waals surface area (Å²) in [5.41, 5.74) is 9.52. The van der Waals surface area contributed by atoms with Gasteiger partial charge >= 0.3 is 0 Å². The molecule has 0 aliphatic rings. The Morgan fingerprint density at radius 3 is 1.56 bits per heavy atom. The zero-order chi connectivity index (χ0) is 26.9. The van der Waals surface area contributed by atoms with E-state index < -0.39 is 0 Å². The average molecular weight is 524 g/mol. The predicted molar refractivity (Wildman–Crippen MR) is 172 cm³/mol. The molecule has 3 nitrogen and oxygen atoms in total. The molecule has 0 bridgehead atoms. The van der Waals surface area contributed by atoms with Crippen molar-refractivity contribution in [3.8, 4) is 17.1 Å². The number of hydrogen-bond acceptors (Lipinski definition) is 0. The van der Waals surface area contributed by atoms with Crippen molar-refractivity contribution in [2.45, 2.75) is 0 Å². The Balaban J connectivity index is 1.39. The fraction of sp³-hybridized carbons (Fsp3) is 0. The fourth-order valence-electron chi connectivity index (χ4n) is 6.72. The molecule has 9 aromatic rings. The van der Waals surface area contributed by atoms with E-state index in [1.54, 1.807) is 0 Å². The van der Waals surface area contributed by atoms with Gasteiger partial charge in [-0.25, -0.2) is 0 Å². The maximum atomic E-state index is 2.45. The van der Waals surface area contributed by atoms with Gasteiger partial charge in [0.2, 0.25) is 0 Å². The molecule has 0 fully saturated rings. The minimum Gasteiger partial charge on any atom is -0.315 e. The van der Waals surface area contributed by atoms with Crippen molar-refractivity contribution >= 4 is 54.5 Å². The second-order valence-electron chi connectivity index (χ2n) is 10.7. The lowest BCUT2D eigenvalue weighted by molar-refractivity contribution is 1.11. The van der Waals surface area contributed by atoms with Gasteiger partial charge in [0.15, 0.2) is 0 Å². The molecule has 3 heteroatoms. The number of fused-ring (bicyclic) bond motifs is 8. The summed E-state index contributed by atoms with van der Waals surface area (Å²) >= 11 is 0. The lowest BCUT2D eigenvalue weighted by Crippen LogP contribution is -2.00. The van der Waals surface area contributed by atoms with E-state index in [1.165, 1.54) is 54.5 Å². The first-order valence-corrected chi connectivity index (χ1v) is 14.0. The van der Waals surface area contributed by atoms with Gasteiger partial charge in [-0.1, -0.05) is 91.0 Å². The van der Waals surface area contributed by atoms with Crippen LogP contribution in [0.2, 0.25) is 0 Å². The molecule has 0 spiro atoms. The summed E-state index contributed by atoms with van der Waals surface area (Å²) in [6.45, 7) is 0. The lowest BCUT2D eigenvalue weighted by Gasteiger charge is -2.14. The molecule has 0 radical (unpaired) electrons. The van der Waals surface area contributed by atoms with Crippen LogP contribution >= 0.6 is 0 Å². The maximum absolute atomic E-state index is 2.45. The molecule has 0 aliphatic carbocycles. The maximum Gasteiger partial charge on any atom is 0.0788 e. The van der Waals surface area contributed by atoms with Crippen LogP contribution < -0.4 is 0 Å². The van der Waals surface area contributed by atoms with Crippen LogP contribution in [0.1, 0.15) is 0 Å². The van der Waals surface area contributed by atoms with Gasteiger partial charge < -0.3 is 13.7 Å². The van der Waals surface area contributed by atoms with Crippen molar-refractivity contribution in [1.29, 1.82) is 0 Å². The van der Waals surface area contributed by atoms with Crippen molar-refractivity contribution in [3.05, 3.63) is 152 Å². The van der Waals surface area contributed by atoms with Crippen LogP contribution in [0.3, 0.4) is 0 Å². The van der Waals surface area contributed by atoms with E-state index in [-0.39, 0.29) is 0 Å². The van der Waals surface area contributed by atoms with Crippen molar-refractivity contribution in [3.63, 3.8) is 0 Å². The summed E-state index contributed by atoms with van der Waals surface area (Å²) in [6.07, 6.45) is 2.19. The molecule has 0 amide bonds. The molecule has 0 saturated carbocycles. The highest BCUT2D eigenvalue weighted by Gasteiger charge is 2.19. The third kappa shape index (κ3) is 3.14. The largest absolute Gasteiger partial charge is 0.315 e. The monoisotopic (exact) mass is 523 g/mol. The second-order valence-corrected chi connectivity index (χ2v) is 10.7. The smallest absolute Gasteiger partial charge is 0.0788 e. The Hall–Kier alpha value is -5.54. The lowest BCUT2D eigenvalue weighted by atomic mass is 10.1. The van der Waals surface area contributed by atoms with E-state index in [4.69, 9.17) is 0 Å².